The molecule has 110 valence electrons. The van der Waals surface area contributed by atoms with Crippen LogP contribution >= 0.6 is 0 Å². The molecule has 21 heavy (non-hydrogen) atoms. The van der Waals surface area contributed by atoms with Crippen LogP contribution < -0.4 is 0 Å². The lowest BCUT2D eigenvalue weighted by Crippen LogP contribution is -2.25. The maximum Gasteiger partial charge on any atom is 0.247 e. The number of benzene rings is 1. The fourth-order valence-electron chi connectivity index (χ4n) is 2.32. The zero-order valence-electron chi connectivity index (χ0n) is 11.2. The Labute approximate surface area is 121 Å². The van der Waals surface area contributed by atoms with Gasteiger partial charge in [0.25, 0.3) is 0 Å². The lowest BCUT2D eigenvalue weighted by molar-refractivity contribution is 0.374. The Morgan fingerprint density at radius 3 is 2.57 bits per heavy atom. The third-order valence-electron chi connectivity index (χ3n) is 3.27. The van der Waals surface area contributed by atoms with Crippen molar-refractivity contribution in [2.45, 2.75) is 12.5 Å². The predicted molar refractivity (Wildman–Crippen MR) is 75.7 cm³/mol. The monoisotopic (exact) mass is 308 g/mol. The molecule has 0 aliphatic carbocycles. The zero-order valence-corrected chi connectivity index (χ0v) is 12.0. The molecule has 0 spiro atoms. The summed E-state index contributed by atoms with van der Waals surface area (Å²) < 4.78 is 43.2. The second-order valence-electron chi connectivity index (χ2n) is 4.83. The summed E-state index contributed by atoms with van der Waals surface area (Å²) in [7, 11) is -3.52. The highest BCUT2D eigenvalue weighted by atomic mass is 32.2. The first-order valence-corrected chi connectivity index (χ1v) is 8.16. The molecule has 0 unspecified atom stereocenters. The van der Waals surface area contributed by atoms with Gasteiger partial charge in [0, 0.05) is 6.42 Å². The second-order valence-corrected chi connectivity index (χ2v) is 6.67. The van der Waals surface area contributed by atoms with E-state index in [1.165, 1.54) is 18.4 Å². The van der Waals surface area contributed by atoms with Crippen molar-refractivity contribution in [3.63, 3.8) is 0 Å². The van der Waals surface area contributed by atoms with Crippen molar-refractivity contribution in [3.8, 4) is 0 Å². The zero-order chi connectivity index (χ0) is 15.0. The van der Waals surface area contributed by atoms with Crippen LogP contribution in [0, 0.1) is 5.82 Å². The standard InChI is InChI=1S/C14H13FN2O3S/c1-21(18,19)17-13(10-4-6-11(15)7-5-10)9-12(16-17)14-3-2-8-20-14/h2-8,13H,9H2,1H3/t13-/m1/s1. The fourth-order valence-corrected chi connectivity index (χ4v) is 3.22. The van der Waals surface area contributed by atoms with Crippen LogP contribution in [0.4, 0.5) is 4.39 Å². The Kier molecular flexibility index (Phi) is 3.29. The first kappa shape index (κ1) is 13.8. The summed E-state index contributed by atoms with van der Waals surface area (Å²) in [5.41, 5.74) is 1.24. The van der Waals surface area contributed by atoms with E-state index >= 15 is 0 Å². The van der Waals surface area contributed by atoms with E-state index in [1.807, 2.05) is 0 Å². The number of hydrogen-bond donors (Lipinski definition) is 0. The largest absolute Gasteiger partial charge is 0.463 e. The van der Waals surface area contributed by atoms with Crippen LogP contribution in [0.1, 0.15) is 23.8 Å². The topological polar surface area (TPSA) is 62.9 Å². The van der Waals surface area contributed by atoms with E-state index in [9.17, 15) is 12.8 Å². The van der Waals surface area contributed by atoms with Crippen LogP contribution in [0.25, 0.3) is 0 Å². The molecule has 2 heterocycles. The minimum atomic E-state index is -3.52. The van der Waals surface area contributed by atoms with Crippen LogP contribution in [0.2, 0.25) is 0 Å². The molecule has 1 aromatic carbocycles. The number of rotatable bonds is 3. The van der Waals surface area contributed by atoms with Gasteiger partial charge in [0.05, 0.1) is 18.6 Å². The molecule has 0 bridgehead atoms. The van der Waals surface area contributed by atoms with Crippen LogP contribution in [0.3, 0.4) is 0 Å². The second kappa shape index (κ2) is 5.00. The average molecular weight is 308 g/mol. The summed E-state index contributed by atoms with van der Waals surface area (Å²) in [5, 5.41) is 4.16. The number of furan rings is 1. The first-order valence-electron chi connectivity index (χ1n) is 6.31. The summed E-state index contributed by atoms with van der Waals surface area (Å²) >= 11 is 0. The van der Waals surface area contributed by atoms with Crippen molar-refractivity contribution in [2.75, 3.05) is 6.26 Å². The van der Waals surface area contributed by atoms with Gasteiger partial charge in [0.1, 0.15) is 17.3 Å². The Morgan fingerprint density at radius 2 is 2.00 bits per heavy atom. The highest BCUT2D eigenvalue weighted by molar-refractivity contribution is 7.88. The predicted octanol–water partition coefficient (Wildman–Crippen LogP) is 2.53. The molecular formula is C14H13FN2O3S. The van der Waals surface area contributed by atoms with Crippen molar-refractivity contribution in [1.29, 1.82) is 0 Å². The van der Waals surface area contributed by atoms with Gasteiger partial charge in [-0.15, -0.1) is 0 Å². The van der Waals surface area contributed by atoms with Crippen LogP contribution in [-0.2, 0) is 10.0 Å². The average Bonchev–Trinajstić information content (AvgIpc) is 3.07. The molecule has 3 rings (SSSR count). The quantitative estimate of drug-likeness (QED) is 0.875. The highest BCUT2D eigenvalue weighted by Gasteiger charge is 2.35. The molecular weight excluding hydrogens is 295 g/mol. The van der Waals surface area contributed by atoms with Crippen molar-refractivity contribution in [2.24, 2.45) is 5.10 Å². The van der Waals surface area contributed by atoms with Gasteiger partial charge in [-0.3, -0.25) is 0 Å². The van der Waals surface area contributed by atoms with Gasteiger partial charge in [-0.05, 0) is 29.8 Å². The van der Waals surface area contributed by atoms with Gasteiger partial charge in [-0.1, -0.05) is 12.1 Å². The van der Waals surface area contributed by atoms with E-state index in [2.05, 4.69) is 5.10 Å². The molecule has 0 amide bonds. The van der Waals surface area contributed by atoms with Gasteiger partial charge in [-0.25, -0.2) is 12.8 Å². The van der Waals surface area contributed by atoms with Gasteiger partial charge < -0.3 is 4.42 Å². The van der Waals surface area contributed by atoms with Gasteiger partial charge in [0.2, 0.25) is 10.0 Å². The minimum absolute atomic E-state index is 0.366. The molecule has 2 aromatic rings. The number of hydrogen-bond acceptors (Lipinski definition) is 4. The maximum atomic E-state index is 13.0. The highest BCUT2D eigenvalue weighted by Crippen LogP contribution is 2.34. The normalized spacial score (nSPS) is 18.9. The Balaban J connectivity index is 2.00. The fraction of sp³-hybridized carbons (Fsp3) is 0.214. The lowest BCUT2D eigenvalue weighted by atomic mass is 10.0. The van der Waals surface area contributed by atoms with Crippen LogP contribution in [0.5, 0.6) is 0 Å². The summed E-state index contributed by atoms with van der Waals surface area (Å²) in [5.74, 6) is 0.170. The molecule has 7 heteroatoms. The van der Waals surface area contributed by atoms with E-state index in [4.69, 9.17) is 4.42 Å². The number of hydrazone groups is 1. The Hall–Kier alpha value is -2.15. The summed E-state index contributed by atoms with van der Waals surface area (Å²) in [6.45, 7) is 0. The first-order chi connectivity index (χ1) is 9.95. The number of halogens is 1. The molecule has 1 aliphatic heterocycles. The minimum Gasteiger partial charge on any atom is -0.463 e. The molecule has 1 atom stereocenters. The number of nitrogens with zero attached hydrogens (tertiary/aromatic N) is 2. The lowest BCUT2D eigenvalue weighted by Gasteiger charge is -2.21. The molecule has 0 saturated carbocycles. The molecule has 1 aliphatic rings. The summed E-state index contributed by atoms with van der Waals surface area (Å²) in [6.07, 6.45) is 2.98. The van der Waals surface area contributed by atoms with Gasteiger partial charge in [-0.2, -0.15) is 9.52 Å². The number of sulfonamides is 1. The third kappa shape index (κ3) is 2.69. The van der Waals surface area contributed by atoms with Crippen molar-refractivity contribution < 1.29 is 17.2 Å². The Morgan fingerprint density at radius 1 is 1.29 bits per heavy atom. The van der Waals surface area contributed by atoms with E-state index in [-0.39, 0.29) is 5.82 Å². The molecule has 0 fully saturated rings. The van der Waals surface area contributed by atoms with Crippen LogP contribution in [-0.4, -0.2) is 24.8 Å². The van der Waals surface area contributed by atoms with Crippen molar-refractivity contribution >= 4 is 15.7 Å². The smallest absolute Gasteiger partial charge is 0.247 e. The van der Waals surface area contributed by atoms with E-state index in [0.29, 0.717) is 23.5 Å². The molecule has 0 N–H and O–H groups in total. The molecule has 1 aromatic heterocycles. The van der Waals surface area contributed by atoms with Gasteiger partial charge in [0.15, 0.2) is 0 Å². The summed E-state index contributed by atoms with van der Waals surface area (Å²) in [6, 6.07) is 8.71. The van der Waals surface area contributed by atoms with E-state index in [0.717, 1.165) is 10.7 Å². The summed E-state index contributed by atoms with van der Waals surface area (Å²) in [4.78, 5) is 0. The molecule has 0 radical (unpaired) electrons. The van der Waals surface area contributed by atoms with Crippen LogP contribution in [0.15, 0.2) is 52.2 Å². The van der Waals surface area contributed by atoms with Crippen molar-refractivity contribution in [3.05, 3.63) is 59.8 Å². The third-order valence-corrected chi connectivity index (χ3v) is 4.29. The SMILES string of the molecule is CS(=O)(=O)N1N=C(c2ccco2)C[C@@H]1c1ccc(F)cc1. The van der Waals surface area contributed by atoms with Crippen molar-refractivity contribution in [1.82, 2.24) is 4.41 Å². The molecule has 5 nitrogen and oxygen atoms in total. The van der Waals surface area contributed by atoms with E-state index < -0.39 is 16.1 Å². The maximum absolute atomic E-state index is 13.0. The Bertz CT molecular complexity index is 767. The van der Waals surface area contributed by atoms with E-state index in [1.54, 1.807) is 24.3 Å². The van der Waals surface area contributed by atoms with Gasteiger partial charge >= 0.3 is 0 Å². The molecule has 0 saturated heterocycles.